The number of hydrogen-bond acceptors (Lipinski definition) is 1. The summed E-state index contributed by atoms with van der Waals surface area (Å²) in [5.74, 6) is 1.21. The molecule has 0 unspecified atom stereocenters. The van der Waals surface area contributed by atoms with Crippen LogP contribution in [-0.2, 0) is 0 Å². The van der Waals surface area contributed by atoms with Crippen LogP contribution < -0.4 is 0 Å². The molecular formula is C10H14S. The van der Waals surface area contributed by atoms with Crippen molar-refractivity contribution in [1.82, 2.24) is 0 Å². The zero-order valence-electron chi connectivity index (χ0n) is 7.13. The smallest absolute Gasteiger partial charge is 0.00114 e. The normalized spacial score (nSPS) is 31.8. The molecule has 1 heterocycles. The van der Waals surface area contributed by atoms with Crippen molar-refractivity contribution >= 4 is 11.8 Å². The first-order valence-corrected chi connectivity index (χ1v) is 4.97. The van der Waals surface area contributed by atoms with Gasteiger partial charge in [-0.05, 0) is 25.7 Å². The van der Waals surface area contributed by atoms with Crippen molar-refractivity contribution in [1.29, 1.82) is 0 Å². The minimum atomic E-state index is 1.21. The maximum atomic E-state index is 2.21. The van der Waals surface area contributed by atoms with Crippen molar-refractivity contribution in [2.24, 2.45) is 0 Å². The molecule has 0 aliphatic carbocycles. The van der Waals surface area contributed by atoms with Crippen molar-refractivity contribution < 1.29 is 0 Å². The second-order valence-electron chi connectivity index (χ2n) is 2.77. The van der Waals surface area contributed by atoms with E-state index in [0.29, 0.717) is 0 Å². The van der Waals surface area contributed by atoms with E-state index >= 15 is 0 Å². The van der Waals surface area contributed by atoms with Crippen molar-refractivity contribution in [2.45, 2.75) is 20.3 Å². The Bertz CT molecular complexity index is 209. The molecule has 0 saturated heterocycles. The van der Waals surface area contributed by atoms with Crippen LogP contribution in [-0.4, -0.2) is 5.75 Å². The van der Waals surface area contributed by atoms with Crippen LogP contribution >= 0.6 is 11.8 Å². The lowest BCUT2D eigenvalue weighted by molar-refractivity contribution is 1.09. The quantitative estimate of drug-likeness (QED) is 0.530. The average molecular weight is 166 g/mol. The van der Waals surface area contributed by atoms with E-state index in [1.54, 1.807) is 0 Å². The van der Waals surface area contributed by atoms with Gasteiger partial charge in [-0.15, -0.1) is 11.8 Å². The zero-order valence-corrected chi connectivity index (χ0v) is 7.95. The molecule has 0 aromatic rings. The summed E-state index contributed by atoms with van der Waals surface area (Å²) in [7, 11) is 0. The Kier molecular flexibility index (Phi) is 3.50. The van der Waals surface area contributed by atoms with Gasteiger partial charge in [-0.3, -0.25) is 0 Å². The maximum absolute atomic E-state index is 2.21. The largest absolute Gasteiger partial charge is 0.134 e. The topological polar surface area (TPSA) is 0 Å². The third-order valence-electron chi connectivity index (χ3n) is 1.90. The highest BCUT2D eigenvalue weighted by atomic mass is 32.2. The highest BCUT2D eigenvalue weighted by molar-refractivity contribution is 8.02. The Labute approximate surface area is 73.1 Å². The van der Waals surface area contributed by atoms with E-state index in [9.17, 15) is 0 Å². The Hall–Kier alpha value is -0.430. The zero-order chi connectivity index (χ0) is 8.10. The first-order valence-electron chi connectivity index (χ1n) is 3.92. The van der Waals surface area contributed by atoms with E-state index in [4.69, 9.17) is 0 Å². The summed E-state index contributed by atoms with van der Waals surface area (Å²) < 4.78 is 0. The second-order valence-corrected chi connectivity index (χ2v) is 3.79. The van der Waals surface area contributed by atoms with Crippen LogP contribution in [0.25, 0.3) is 0 Å². The predicted molar refractivity (Wildman–Crippen MR) is 53.7 cm³/mol. The van der Waals surface area contributed by atoms with Crippen LogP contribution in [0.3, 0.4) is 0 Å². The van der Waals surface area contributed by atoms with E-state index in [-0.39, 0.29) is 0 Å². The number of hydrogen-bond donors (Lipinski definition) is 0. The predicted octanol–water partition coefficient (Wildman–Crippen LogP) is 3.53. The molecule has 1 rings (SSSR count). The van der Waals surface area contributed by atoms with Gasteiger partial charge in [-0.25, -0.2) is 0 Å². The Morgan fingerprint density at radius 3 is 2.91 bits per heavy atom. The summed E-state index contributed by atoms with van der Waals surface area (Å²) in [5.41, 5.74) is 2.93. The Morgan fingerprint density at radius 1 is 1.27 bits per heavy atom. The molecule has 0 spiro atoms. The van der Waals surface area contributed by atoms with Gasteiger partial charge in [0.2, 0.25) is 0 Å². The molecule has 0 radical (unpaired) electrons. The van der Waals surface area contributed by atoms with Gasteiger partial charge >= 0.3 is 0 Å². The van der Waals surface area contributed by atoms with Crippen LogP contribution in [0.2, 0.25) is 0 Å². The van der Waals surface area contributed by atoms with E-state index in [0.717, 1.165) is 0 Å². The third kappa shape index (κ3) is 2.98. The van der Waals surface area contributed by atoms with E-state index < -0.39 is 0 Å². The average Bonchev–Trinajstić information content (AvgIpc) is 2.07. The summed E-state index contributed by atoms with van der Waals surface area (Å²) >= 11 is 1.88. The van der Waals surface area contributed by atoms with Crippen molar-refractivity contribution in [3.63, 3.8) is 0 Å². The molecule has 60 valence electrons. The summed E-state index contributed by atoms with van der Waals surface area (Å²) in [6.45, 7) is 4.39. The molecule has 0 bridgehead atoms. The molecule has 0 N–H and O–H groups in total. The van der Waals surface area contributed by atoms with Crippen LogP contribution in [0.5, 0.6) is 0 Å². The van der Waals surface area contributed by atoms with Gasteiger partial charge in [0.25, 0.3) is 0 Å². The fourth-order valence-electron chi connectivity index (χ4n) is 0.920. The molecule has 0 fully saturated rings. The SMILES string of the molecule is CC1=C(\C)CCS/C=C/C=C\1. The van der Waals surface area contributed by atoms with E-state index in [1.165, 1.54) is 23.3 Å². The maximum Gasteiger partial charge on any atom is 0.00114 e. The summed E-state index contributed by atoms with van der Waals surface area (Å²) in [4.78, 5) is 0. The van der Waals surface area contributed by atoms with Gasteiger partial charge in [0.05, 0.1) is 0 Å². The van der Waals surface area contributed by atoms with Crippen LogP contribution in [0.1, 0.15) is 20.3 Å². The number of allylic oxidation sites excluding steroid dienone is 5. The molecule has 0 nitrogen and oxygen atoms in total. The van der Waals surface area contributed by atoms with Gasteiger partial charge in [0.1, 0.15) is 0 Å². The summed E-state index contributed by atoms with van der Waals surface area (Å²) in [6, 6.07) is 0. The molecule has 0 saturated carbocycles. The number of thioether (sulfide) groups is 1. The lowest BCUT2D eigenvalue weighted by Gasteiger charge is -2.00. The molecule has 1 heteroatoms. The molecule has 11 heavy (non-hydrogen) atoms. The molecule has 0 atom stereocenters. The lowest BCUT2D eigenvalue weighted by atomic mass is 10.1. The van der Waals surface area contributed by atoms with Gasteiger partial charge in [0.15, 0.2) is 0 Å². The standard InChI is InChI=1S/C10H14S/c1-9-5-3-4-7-11-8-6-10(9)2/h3-5,7H,6,8H2,1-2H3/b5-3-,7-4+,10-9-. The minimum Gasteiger partial charge on any atom is -0.134 e. The molecule has 0 amide bonds. The third-order valence-corrected chi connectivity index (χ3v) is 2.69. The molecule has 1 aliphatic heterocycles. The monoisotopic (exact) mass is 166 g/mol. The van der Waals surface area contributed by atoms with Crippen LogP contribution in [0, 0.1) is 0 Å². The molecular weight excluding hydrogens is 152 g/mol. The van der Waals surface area contributed by atoms with Crippen molar-refractivity contribution in [3.05, 3.63) is 34.8 Å². The fourth-order valence-corrected chi connectivity index (χ4v) is 1.68. The van der Waals surface area contributed by atoms with Crippen molar-refractivity contribution in [3.8, 4) is 0 Å². The molecule has 1 aliphatic rings. The van der Waals surface area contributed by atoms with E-state index in [1.807, 2.05) is 11.8 Å². The summed E-state index contributed by atoms with van der Waals surface area (Å²) in [6.07, 6.45) is 7.60. The molecule has 0 aromatic heterocycles. The van der Waals surface area contributed by atoms with Gasteiger partial charge in [-0.1, -0.05) is 29.4 Å². The Balaban J connectivity index is 2.74. The minimum absolute atomic E-state index is 1.21. The van der Waals surface area contributed by atoms with Gasteiger partial charge in [-0.2, -0.15) is 0 Å². The lowest BCUT2D eigenvalue weighted by Crippen LogP contribution is -1.83. The second kappa shape index (κ2) is 4.45. The van der Waals surface area contributed by atoms with Crippen molar-refractivity contribution in [2.75, 3.05) is 5.75 Å². The van der Waals surface area contributed by atoms with Crippen LogP contribution in [0.4, 0.5) is 0 Å². The first-order chi connectivity index (χ1) is 5.30. The summed E-state index contributed by atoms with van der Waals surface area (Å²) in [5, 5.41) is 2.16. The van der Waals surface area contributed by atoms with E-state index in [2.05, 4.69) is 37.5 Å². The molecule has 0 aromatic carbocycles. The number of rotatable bonds is 0. The fraction of sp³-hybridized carbons (Fsp3) is 0.400. The van der Waals surface area contributed by atoms with Gasteiger partial charge < -0.3 is 0 Å². The van der Waals surface area contributed by atoms with Gasteiger partial charge in [0, 0.05) is 5.75 Å². The Morgan fingerprint density at radius 2 is 2.09 bits per heavy atom. The van der Waals surface area contributed by atoms with Crippen LogP contribution in [0.15, 0.2) is 34.8 Å². The first kappa shape index (κ1) is 8.66. The highest BCUT2D eigenvalue weighted by Gasteiger charge is 1.94. The highest BCUT2D eigenvalue weighted by Crippen LogP contribution is 2.15.